The quantitative estimate of drug-likeness (QED) is 0.434. The molecule has 0 aliphatic heterocycles. The van der Waals surface area contributed by atoms with E-state index in [1.54, 1.807) is 6.07 Å². The van der Waals surface area contributed by atoms with Crippen molar-refractivity contribution < 1.29 is 23.9 Å². The zero-order chi connectivity index (χ0) is 17.6. The summed E-state index contributed by atoms with van der Waals surface area (Å²) in [6.45, 7) is 9.03. The molecule has 0 saturated heterocycles. The summed E-state index contributed by atoms with van der Waals surface area (Å²) in [4.78, 5) is 35.2. The summed E-state index contributed by atoms with van der Waals surface area (Å²) < 4.78 is 10.6. The van der Waals surface area contributed by atoms with Crippen LogP contribution in [-0.2, 0) is 9.59 Å². The molecule has 0 amide bonds. The van der Waals surface area contributed by atoms with Gasteiger partial charge in [-0.3, -0.25) is 14.4 Å². The molecule has 0 aromatic heterocycles. The lowest BCUT2D eigenvalue weighted by Gasteiger charge is -2.13. The molecule has 23 heavy (non-hydrogen) atoms. The van der Waals surface area contributed by atoms with Crippen LogP contribution in [0.5, 0.6) is 11.5 Å². The van der Waals surface area contributed by atoms with Crippen LogP contribution in [-0.4, -0.2) is 17.7 Å². The Kier molecular flexibility index (Phi) is 6.94. The number of hydrogen-bond acceptors (Lipinski definition) is 5. The Morgan fingerprint density at radius 1 is 0.870 bits per heavy atom. The lowest BCUT2D eigenvalue weighted by molar-refractivity contribution is -0.138. The fourth-order valence-corrected chi connectivity index (χ4v) is 1.89. The molecule has 0 aliphatic rings. The van der Waals surface area contributed by atoms with Gasteiger partial charge in [-0.25, -0.2) is 0 Å². The first-order valence-corrected chi connectivity index (χ1v) is 7.75. The summed E-state index contributed by atoms with van der Waals surface area (Å²) in [6.07, 6.45) is 0.498. The summed E-state index contributed by atoms with van der Waals surface area (Å²) >= 11 is 0. The highest BCUT2D eigenvalue weighted by Crippen LogP contribution is 2.30. The molecule has 0 heterocycles. The van der Waals surface area contributed by atoms with Crippen LogP contribution in [0, 0.1) is 11.8 Å². The van der Waals surface area contributed by atoms with E-state index in [2.05, 4.69) is 0 Å². The third-order valence-electron chi connectivity index (χ3n) is 2.95. The highest BCUT2D eigenvalue weighted by atomic mass is 16.6. The molecule has 0 atom stereocenters. The van der Waals surface area contributed by atoms with Crippen molar-refractivity contribution in [1.82, 2.24) is 0 Å². The largest absolute Gasteiger partial charge is 0.423 e. The van der Waals surface area contributed by atoms with Gasteiger partial charge in [0.1, 0.15) is 0 Å². The molecule has 0 aliphatic carbocycles. The third-order valence-corrected chi connectivity index (χ3v) is 2.95. The average Bonchev–Trinajstić information content (AvgIpc) is 2.38. The Morgan fingerprint density at radius 3 is 1.78 bits per heavy atom. The first-order chi connectivity index (χ1) is 10.7. The van der Waals surface area contributed by atoms with Crippen molar-refractivity contribution in [2.75, 3.05) is 0 Å². The molecule has 126 valence electrons. The minimum absolute atomic E-state index is 0.0976. The topological polar surface area (TPSA) is 69.7 Å². The van der Waals surface area contributed by atoms with Crippen molar-refractivity contribution in [3.63, 3.8) is 0 Å². The zero-order valence-electron chi connectivity index (χ0n) is 14.3. The maximum Gasteiger partial charge on any atom is 0.311 e. The van der Waals surface area contributed by atoms with Gasteiger partial charge >= 0.3 is 11.9 Å². The summed E-state index contributed by atoms with van der Waals surface area (Å²) in [5.41, 5.74) is 0.390. The smallest absolute Gasteiger partial charge is 0.311 e. The first kappa shape index (κ1) is 18.9. The summed E-state index contributed by atoms with van der Waals surface area (Å²) in [5.74, 6) is -0.445. The Labute approximate surface area is 137 Å². The molecule has 0 bridgehead atoms. The van der Waals surface area contributed by atoms with Gasteiger partial charge in [0.15, 0.2) is 17.3 Å². The molecule has 1 aromatic rings. The molecule has 0 unspecified atom stereocenters. The van der Waals surface area contributed by atoms with Gasteiger partial charge in [-0.2, -0.15) is 0 Å². The minimum Gasteiger partial charge on any atom is -0.423 e. The van der Waals surface area contributed by atoms with Crippen molar-refractivity contribution in [3.8, 4) is 11.5 Å². The maximum absolute atomic E-state index is 11.9. The van der Waals surface area contributed by atoms with E-state index in [9.17, 15) is 14.4 Å². The lowest BCUT2D eigenvalue weighted by Crippen LogP contribution is -2.15. The summed E-state index contributed by atoms with van der Waals surface area (Å²) in [5, 5.41) is 0. The van der Waals surface area contributed by atoms with Crippen molar-refractivity contribution in [1.29, 1.82) is 0 Å². The first-order valence-electron chi connectivity index (χ1n) is 7.75. The molecular formula is C18H24O5. The van der Waals surface area contributed by atoms with Crippen molar-refractivity contribution in [2.45, 2.75) is 47.5 Å². The van der Waals surface area contributed by atoms with Crippen LogP contribution in [0.2, 0.25) is 0 Å². The number of carbonyl (C=O) groups is 3. The van der Waals surface area contributed by atoms with Crippen LogP contribution in [0.25, 0.3) is 0 Å². The molecule has 0 fully saturated rings. The van der Waals surface area contributed by atoms with Gasteiger partial charge in [-0.1, -0.05) is 27.7 Å². The highest BCUT2D eigenvalue weighted by Gasteiger charge is 2.17. The number of carbonyl (C=O) groups excluding carboxylic acids is 3. The van der Waals surface area contributed by atoms with Gasteiger partial charge in [0.05, 0.1) is 0 Å². The summed E-state index contributed by atoms with van der Waals surface area (Å²) in [7, 11) is 0. The number of benzene rings is 1. The van der Waals surface area contributed by atoms with Crippen LogP contribution in [0.1, 0.15) is 57.8 Å². The number of esters is 2. The number of ketones is 1. The molecule has 0 spiro atoms. The molecule has 0 saturated carbocycles. The molecule has 0 radical (unpaired) electrons. The van der Waals surface area contributed by atoms with Crippen molar-refractivity contribution >= 4 is 17.7 Å². The van der Waals surface area contributed by atoms with E-state index in [1.807, 2.05) is 27.7 Å². The highest BCUT2D eigenvalue weighted by molar-refractivity contribution is 5.95. The van der Waals surface area contributed by atoms with E-state index >= 15 is 0 Å². The molecule has 0 N–H and O–H groups in total. The monoisotopic (exact) mass is 320 g/mol. The Balaban J connectivity index is 3.01. The standard InChI is InChI=1S/C18H24O5/c1-11(2)8-17(20)22-15-7-6-14(13(5)19)10-16(15)23-18(21)9-12(3)4/h6-7,10-12H,8-9H2,1-5H3. The molecular weight excluding hydrogens is 296 g/mol. The second-order valence-corrected chi connectivity index (χ2v) is 6.36. The zero-order valence-corrected chi connectivity index (χ0v) is 14.3. The van der Waals surface area contributed by atoms with Gasteiger partial charge < -0.3 is 9.47 Å². The molecule has 5 nitrogen and oxygen atoms in total. The van der Waals surface area contributed by atoms with Crippen LogP contribution in [0.3, 0.4) is 0 Å². The van der Waals surface area contributed by atoms with E-state index < -0.39 is 11.9 Å². The summed E-state index contributed by atoms with van der Waals surface area (Å²) in [6, 6.07) is 4.45. The number of hydrogen-bond donors (Lipinski definition) is 0. The van der Waals surface area contributed by atoms with Crippen LogP contribution < -0.4 is 9.47 Å². The SMILES string of the molecule is CC(=O)c1ccc(OC(=O)CC(C)C)c(OC(=O)CC(C)C)c1. The third kappa shape index (κ3) is 6.63. The van der Waals surface area contributed by atoms with E-state index in [-0.39, 0.29) is 42.0 Å². The number of Topliss-reactive ketones (excluding diaryl/α,β-unsaturated/α-hetero) is 1. The van der Waals surface area contributed by atoms with E-state index in [0.717, 1.165) is 0 Å². The number of rotatable bonds is 7. The van der Waals surface area contributed by atoms with Gasteiger partial charge in [0.25, 0.3) is 0 Å². The molecule has 5 heteroatoms. The fraction of sp³-hybridized carbons (Fsp3) is 0.500. The van der Waals surface area contributed by atoms with Gasteiger partial charge in [-0.05, 0) is 37.0 Å². The van der Waals surface area contributed by atoms with E-state index in [0.29, 0.717) is 5.56 Å². The predicted octanol–water partition coefficient (Wildman–Crippen LogP) is 3.79. The van der Waals surface area contributed by atoms with Crippen molar-refractivity contribution in [2.24, 2.45) is 11.8 Å². The fourth-order valence-electron chi connectivity index (χ4n) is 1.89. The van der Waals surface area contributed by atoms with Crippen LogP contribution >= 0.6 is 0 Å². The second kappa shape index (κ2) is 8.46. The average molecular weight is 320 g/mol. The van der Waals surface area contributed by atoms with Crippen LogP contribution in [0.4, 0.5) is 0 Å². The van der Waals surface area contributed by atoms with Gasteiger partial charge in [0.2, 0.25) is 0 Å². The second-order valence-electron chi connectivity index (χ2n) is 6.36. The Bertz CT molecular complexity index is 587. The van der Waals surface area contributed by atoms with Crippen LogP contribution in [0.15, 0.2) is 18.2 Å². The maximum atomic E-state index is 11.9. The minimum atomic E-state index is -0.429. The van der Waals surface area contributed by atoms with Gasteiger partial charge in [-0.15, -0.1) is 0 Å². The van der Waals surface area contributed by atoms with E-state index in [4.69, 9.17) is 9.47 Å². The normalized spacial score (nSPS) is 10.7. The Morgan fingerprint density at radius 2 is 1.35 bits per heavy atom. The van der Waals surface area contributed by atoms with Gasteiger partial charge in [0, 0.05) is 18.4 Å². The predicted molar refractivity (Wildman–Crippen MR) is 86.6 cm³/mol. The number of ether oxygens (including phenoxy) is 2. The Hall–Kier alpha value is -2.17. The molecule has 1 aromatic carbocycles. The lowest BCUT2D eigenvalue weighted by atomic mass is 10.1. The van der Waals surface area contributed by atoms with Crippen molar-refractivity contribution in [3.05, 3.63) is 23.8 Å². The van der Waals surface area contributed by atoms with E-state index in [1.165, 1.54) is 19.1 Å². The molecule has 1 rings (SSSR count).